The summed E-state index contributed by atoms with van der Waals surface area (Å²) in [4.78, 5) is 16.3. The second-order valence-corrected chi connectivity index (χ2v) is 9.42. The molecule has 0 amide bonds. The first-order valence-electron chi connectivity index (χ1n) is 12.9. The van der Waals surface area contributed by atoms with Gasteiger partial charge in [0, 0.05) is 22.7 Å². The third kappa shape index (κ3) is 8.32. The summed E-state index contributed by atoms with van der Waals surface area (Å²) < 4.78 is 66.7. The number of carbonyl (C=O) groups is 1. The topological polar surface area (TPSA) is 81.1 Å². The Morgan fingerprint density at radius 2 is 1.41 bits per heavy atom. The van der Waals surface area contributed by atoms with Crippen LogP contribution in [0.2, 0.25) is 5.02 Å². The molecule has 0 fully saturated rings. The number of esters is 1. The molecule has 0 bridgehead atoms. The van der Waals surface area contributed by atoms with E-state index < -0.39 is 13.2 Å². The third-order valence-corrected chi connectivity index (χ3v) is 6.26. The lowest BCUT2D eigenvalue weighted by Crippen LogP contribution is -2.70. The molecule has 1 heterocycles. The minimum absolute atomic E-state index is 0.261. The van der Waals surface area contributed by atoms with E-state index in [0.29, 0.717) is 39.4 Å². The quantitative estimate of drug-likeness (QED) is 0.0945. The second-order valence-electron chi connectivity index (χ2n) is 8.98. The highest BCUT2D eigenvalue weighted by Crippen LogP contribution is 2.38. The zero-order chi connectivity index (χ0) is 31.9. The summed E-state index contributed by atoms with van der Waals surface area (Å²) in [5, 5.41) is 2.25. The predicted molar refractivity (Wildman–Crippen MR) is 158 cm³/mol. The number of ether oxygens (including phenoxy) is 4. The number of hydrogen-bond donors (Lipinski definition) is 1. The van der Waals surface area contributed by atoms with E-state index in [1.807, 2.05) is 60.7 Å². The van der Waals surface area contributed by atoms with Crippen LogP contribution in [0.5, 0.6) is 23.0 Å². The van der Waals surface area contributed by atoms with Crippen molar-refractivity contribution in [2.45, 2.75) is 0 Å². The Kier molecular flexibility index (Phi) is 10.2. The molecule has 0 spiro atoms. The van der Waals surface area contributed by atoms with E-state index in [4.69, 9.17) is 35.0 Å². The molecule has 4 aromatic carbocycles. The molecule has 44 heavy (non-hydrogen) atoms. The molecule has 5 aromatic rings. The summed E-state index contributed by atoms with van der Waals surface area (Å²) >= 11 is 6.28. The molecule has 7 nitrogen and oxygen atoms in total. The van der Waals surface area contributed by atoms with Gasteiger partial charge in [0.2, 0.25) is 16.8 Å². The number of nitrogens with one attached hydrogen (secondary N) is 1. The van der Waals surface area contributed by atoms with Crippen molar-refractivity contribution < 1.29 is 50.4 Å². The van der Waals surface area contributed by atoms with Crippen LogP contribution >= 0.6 is 11.6 Å². The molecule has 1 aromatic heterocycles. The number of hydrogen-bond acceptors (Lipinski definition) is 6. The zero-order valence-corrected chi connectivity index (χ0v) is 24.3. The van der Waals surface area contributed by atoms with Gasteiger partial charge < -0.3 is 40.6 Å². The minimum Gasteiger partial charge on any atom is -0.493 e. The van der Waals surface area contributed by atoms with Crippen LogP contribution in [-0.2, 0) is 0 Å². The van der Waals surface area contributed by atoms with E-state index in [2.05, 4.69) is 4.99 Å². The minimum atomic E-state index is -6.00. The first kappa shape index (κ1) is 32.0. The summed E-state index contributed by atoms with van der Waals surface area (Å²) in [5.74, 6) is 1.64. The van der Waals surface area contributed by atoms with E-state index in [9.17, 15) is 22.1 Å². The maximum atomic E-state index is 12.9. The standard InChI is InChI=1S/C31H24ClNO6.BF4/c1-35-28-15-20(16-29(36-2)30(28)37-3)31(34)38-23-12-10-22(11-13-23)33-25-18-27(19-7-5-4-6-8-19)39-26-14-9-21(32)17-24(25)26;2-1(3,4)5/h4-18H,1-3H3;/q;-1/p+1. The Balaban J connectivity index is 0.000000818. The summed E-state index contributed by atoms with van der Waals surface area (Å²) in [6.07, 6.45) is 0. The number of carbonyl (C=O) groups excluding carboxylic acids is 1. The molecule has 0 saturated heterocycles. The molecule has 0 atom stereocenters. The first-order chi connectivity index (χ1) is 21.0. The smallest absolute Gasteiger partial charge is 0.493 e. The van der Waals surface area contributed by atoms with E-state index in [1.165, 1.54) is 21.3 Å². The number of fused-ring (bicyclic) bond motifs is 1. The van der Waals surface area contributed by atoms with Crippen molar-refractivity contribution in [3.63, 3.8) is 0 Å². The molecule has 0 saturated carbocycles. The van der Waals surface area contributed by atoms with Crippen LogP contribution < -0.4 is 29.3 Å². The van der Waals surface area contributed by atoms with Crippen LogP contribution in [0.1, 0.15) is 10.4 Å². The lowest BCUT2D eigenvalue weighted by atomic mass is 10.1. The molecule has 228 valence electrons. The Morgan fingerprint density at radius 3 is 1.98 bits per heavy atom. The van der Waals surface area contributed by atoms with Crippen molar-refractivity contribution in [3.8, 4) is 34.3 Å². The molecule has 0 aliphatic carbocycles. The third-order valence-electron chi connectivity index (χ3n) is 6.03. The fourth-order valence-corrected chi connectivity index (χ4v) is 4.31. The summed E-state index contributed by atoms with van der Waals surface area (Å²) in [7, 11) is -1.53. The fraction of sp³-hybridized carbons (Fsp3) is 0.0968. The maximum Gasteiger partial charge on any atom is 0.673 e. The van der Waals surface area contributed by atoms with Crippen LogP contribution in [0.25, 0.3) is 22.3 Å². The molecular weight excluding hydrogens is 605 g/mol. The van der Waals surface area contributed by atoms with Crippen LogP contribution in [0.3, 0.4) is 0 Å². The summed E-state index contributed by atoms with van der Waals surface area (Å²) in [6.45, 7) is 0. The van der Waals surface area contributed by atoms with Gasteiger partial charge in [-0.05, 0) is 42.5 Å². The fourth-order valence-electron chi connectivity index (χ4n) is 4.13. The largest absolute Gasteiger partial charge is 0.673 e. The average molecular weight is 630 g/mol. The Labute approximate surface area is 254 Å². The van der Waals surface area contributed by atoms with Crippen molar-refractivity contribution >= 4 is 41.5 Å². The maximum absolute atomic E-state index is 12.9. The molecule has 13 heteroatoms. The van der Waals surface area contributed by atoms with Crippen molar-refractivity contribution in [1.82, 2.24) is 0 Å². The monoisotopic (exact) mass is 629 g/mol. The highest BCUT2D eigenvalue weighted by molar-refractivity contribution is 6.50. The van der Waals surface area contributed by atoms with Crippen LogP contribution in [0.4, 0.5) is 23.0 Å². The summed E-state index contributed by atoms with van der Waals surface area (Å²) in [5.41, 5.74) is 2.69. The van der Waals surface area contributed by atoms with Gasteiger partial charge in [-0.2, -0.15) is 0 Å². The number of halogens is 5. The van der Waals surface area contributed by atoms with Crippen molar-refractivity contribution in [1.29, 1.82) is 0 Å². The van der Waals surface area contributed by atoms with Gasteiger partial charge in [0.05, 0.1) is 38.3 Å². The predicted octanol–water partition coefficient (Wildman–Crippen LogP) is 6.61. The highest BCUT2D eigenvalue weighted by Gasteiger charge is 2.21. The van der Waals surface area contributed by atoms with Crippen LogP contribution in [-0.4, -0.2) is 34.6 Å². The van der Waals surface area contributed by atoms with Crippen LogP contribution in [0.15, 0.2) is 95.4 Å². The Morgan fingerprint density at radius 1 is 0.795 bits per heavy atom. The summed E-state index contributed by atoms with van der Waals surface area (Å²) in [6, 6.07) is 27.4. The van der Waals surface area contributed by atoms with Gasteiger partial charge in [0.15, 0.2) is 11.5 Å². The van der Waals surface area contributed by atoms with Gasteiger partial charge >= 0.3 is 13.2 Å². The van der Waals surface area contributed by atoms with Gasteiger partial charge in [-0.15, -0.1) is 0 Å². The van der Waals surface area contributed by atoms with Gasteiger partial charge in [0.1, 0.15) is 17.1 Å². The normalized spacial score (nSPS) is 11.4. The van der Waals surface area contributed by atoms with Gasteiger partial charge in [-0.1, -0.05) is 41.9 Å². The van der Waals surface area contributed by atoms with E-state index in [-0.39, 0.29) is 5.56 Å². The average Bonchev–Trinajstić information content (AvgIpc) is 3.00. The molecule has 1 N–H and O–H groups in total. The van der Waals surface area contributed by atoms with E-state index in [0.717, 1.165) is 22.0 Å². The molecule has 0 aliphatic heterocycles. The van der Waals surface area contributed by atoms with Gasteiger partial charge in [-0.3, -0.25) is 0 Å². The number of benzene rings is 4. The van der Waals surface area contributed by atoms with Crippen molar-refractivity contribution in [3.05, 3.63) is 107 Å². The Bertz CT molecular complexity index is 1800. The lowest BCUT2D eigenvalue weighted by Gasteiger charge is -2.13. The SMILES string of the molecule is COc1cc(C(=O)Oc2ccc([NH+]=c3cc(-c4ccccc4)oc4ccc(Cl)cc34)cc2)cc(OC)c1OC.F[B-](F)(F)F. The van der Waals surface area contributed by atoms with Crippen molar-refractivity contribution in [2.75, 3.05) is 21.3 Å². The second kappa shape index (κ2) is 14.0. The van der Waals surface area contributed by atoms with E-state index in [1.54, 1.807) is 30.3 Å². The molecule has 0 unspecified atom stereocenters. The van der Waals surface area contributed by atoms with Crippen LogP contribution in [0, 0.1) is 0 Å². The van der Waals surface area contributed by atoms with E-state index >= 15 is 0 Å². The first-order valence-corrected chi connectivity index (χ1v) is 13.2. The van der Waals surface area contributed by atoms with Gasteiger partial charge in [0.25, 0.3) is 0 Å². The molecule has 0 aliphatic rings. The number of methoxy groups -OCH3 is 3. The number of rotatable bonds is 7. The highest BCUT2D eigenvalue weighted by atomic mass is 35.5. The lowest BCUT2D eigenvalue weighted by molar-refractivity contribution is -0.400. The molecule has 0 radical (unpaired) electrons. The molecule has 5 rings (SSSR count). The zero-order valence-electron chi connectivity index (χ0n) is 23.6. The molecular formula is C31H25BClF4NO6. The Hall–Kier alpha value is -4.97. The van der Waals surface area contributed by atoms with Crippen molar-refractivity contribution in [2.24, 2.45) is 0 Å². The van der Waals surface area contributed by atoms with Gasteiger partial charge in [-0.25, -0.2) is 9.79 Å².